The van der Waals surface area contributed by atoms with Crippen molar-refractivity contribution in [3.05, 3.63) is 70.8 Å². The smallest absolute Gasteiger partial charge is 0.319 e. The zero-order valence-electron chi connectivity index (χ0n) is 13.0. The lowest BCUT2D eigenvalue weighted by molar-refractivity contribution is -0.132. The van der Waals surface area contributed by atoms with Gasteiger partial charge in [0.15, 0.2) is 0 Å². The van der Waals surface area contributed by atoms with Crippen molar-refractivity contribution in [2.75, 3.05) is 0 Å². The molecule has 1 saturated heterocycles. The van der Waals surface area contributed by atoms with Gasteiger partial charge in [-0.05, 0) is 36.5 Å². The number of fused-ring (bicyclic) bond motifs is 2. The fourth-order valence-electron chi connectivity index (χ4n) is 3.61. The summed E-state index contributed by atoms with van der Waals surface area (Å²) in [6, 6.07) is 15.5. The summed E-state index contributed by atoms with van der Waals surface area (Å²) in [5.41, 5.74) is 3.36. The second-order valence-electron chi connectivity index (χ2n) is 6.37. The molecule has 116 valence electrons. The van der Waals surface area contributed by atoms with E-state index in [0.717, 1.165) is 28.7 Å². The number of nitrogens with zero attached hydrogens (tertiary/aromatic N) is 1. The maximum absolute atomic E-state index is 13.0. The van der Waals surface area contributed by atoms with E-state index >= 15 is 0 Å². The number of amides is 3. The van der Waals surface area contributed by atoms with E-state index in [1.165, 1.54) is 4.90 Å². The van der Waals surface area contributed by atoms with Gasteiger partial charge in [-0.15, -0.1) is 0 Å². The Bertz CT molecular complexity index is 797. The Morgan fingerprint density at radius 1 is 1.09 bits per heavy atom. The van der Waals surface area contributed by atoms with Crippen molar-refractivity contribution in [2.45, 2.75) is 31.8 Å². The number of carbonyl (C=O) groups excluding carboxylic acids is 2. The van der Waals surface area contributed by atoms with Crippen LogP contribution in [0.15, 0.2) is 48.5 Å². The predicted octanol–water partition coefficient (Wildman–Crippen LogP) is 2.89. The van der Waals surface area contributed by atoms with Gasteiger partial charge in [0.2, 0.25) is 0 Å². The van der Waals surface area contributed by atoms with Crippen molar-refractivity contribution in [3.8, 4) is 0 Å². The van der Waals surface area contributed by atoms with E-state index < -0.39 is 5.54 Å². The molecule has 1 heterocycles. The number of aryl methyl sites for hydroxylation is 2. The summed E-state index contributed by atoms with van der Waals surface area (Å²) >= 11 is 0. The van der Waals surface area contributed by atoms with Crippen LogP contribution >= 0.6 is 0 Å². The lowest BCUT2D eigenvalue weighted by Crippen LogP contribution is -2.41. The number of nitrogens with one attached hydrogen (secondary N) is 1. The normalized spacial score (nSPS) is 22.6. The van der Waals surface area contributed by atoms with Gasteiger partial charge in [-0.2, -0.15) is 0 Å². The molecule has 4 heteroatoms. The van der Waals surface area contributed by atoms with Crippen molar-refractivity contribution < 1.29 is 9.59 Å². The SMILES string of the molecule is Cc1ccc(CN2C(=O)NC3(CCc4ccccc43)C2=O)cc1. The van der Waals surface area contributed by atoms with Gasteiger partial charge in [0.25, 0.3) is 5.91 Å². The number of imide groups is 1. The highest BCUT2D eigenvalue weighted by Gasteiger charge is 2.55. The van der Waals surface area contributed by atoms with Crippen LogP contribution < -0.4 is 5.32 Å². The number of hydrogen-bond acceptors (Lipinski definition) is 2. The summed E-state index contributed by atoms with van der Waals surface area (Å²) < 4.78 is 0. The standard InChI is InChI=1S/C19H18N2O2/c1-13-6-8-14(9-7-13)12-21-17(22)19(20-18(21)23)11-10-15-4-2-3-5-16(15)19/h2-9H,10-12H2,1H3,(H,20,23). The van der Waals surface area contributed by atoms with Crippen LogP contribution in [-0.4, -0.2) is 16.8 Å². The third-order valence-corrected chi connectivity index (χ3v) is 4.88. The van der Waals surface area contributed by atoms with Crippen LogP contribution in [0.1, 0.15) is 28.7 Å². The maximum atomic E-state index is 13.0. The Hall–Kier alpha value is -2.62. The number of urea groups is 1. The molecule has 0 bridgehead atoms. The Labute approximate surface area is 135 Å². The fourth-order valence-corrected chi connectivity index (χ4v) is 3.61. The monoisotopic (exact) mass is 306 g/mol. The van der Waals surface area contributed by atoms with Gasteiger partial charge in [-0.3, -0.25) is 9.69 Å². The van der Waals surface area contributed by atoms with Gasteiger partial charge in [0.05, 0.1) is 6.54 Å². The highest BCUT2D eigenvalue weighted by molar-refractivity contribution is 6.08. The summed E-state index contributed by atoms with van der Waals surface area (Å²) in [4.78, 5) is 26.8. The van der Waals surface area contributed by atoms with Crippen molar-refractivity contribution in [3.63, 3.8) is 0 Å². The second kappa shape index (κ2) is 4.95. The first kappa shape index (κ1) is 14.0. The fraction of sp³-hybridized carbons (Fsp3) is 0.263. The van der Waals surface area contributed by atoms with E-state index in [4.69, 9.17) is 0 Å². The van der Waals surface area contributed by atoms with Gasteiger partial charge in [-0.1, -0.05) is 54.1 Å². The average molecular weight is 306 g/mol. The van der Waals surface area contributed by atoms with Crippen molar-refractivity contribution in [2.24, 2.45) is 0 Å². The van der Waals surface area contributed by atoms with Gasteiger partial charge >= 0.3 is 6.03 Å². The van der Waals surface area contributed by atoms with E-state index in [1.807, 2.05) is 55.5 Å². The molecule has 3 amide bonds. The quantitative estimate of drug-likeness (QED) is 0.867. The van der Waals surface area contributed by atoms with Crippen LogP contribution in [0.5, 0.6) is 0 Å². The van der Waals surface area contributed by atoms with E-state index in [9.17, 15) is 9.59 Å². The van der Waals surface area contributed by atoms with Gasteiger partial charge in [0.1, 0.15) is 5.54 Å². The third kappa shape index (κ3) is 2.05. The number of carbonyl (C=O) groups is 2. The van der Waals surface area contributed by atoms with Crippen molar-refractivity contribution in [1.29, 1.82) is 0 Å². The highest BCUT2D eigenvalue weighted by atomic mass is 16.2. The first-order valence-corrected chi connectivity index (χ1v) is 7.88. The lowest BCUT2D eigenvalue weighted by Gasteiger charge is -2.22. The van der Waals surface area contributed by atoms with Gasteiger partial charge < -0.3 is 5.32 Å². The van der Waals surface area contributed by atoms with Crippen LogP contribution in [0, 0.1) is 6.92 Å². The molecule has 2 aromatic rings. The van der Waals surface area contributed by atoms with Crippen LogP contribution in [0.4, 0.5) is 4.79 Å². The first-order chi connectivity index (χ1) is 11.1. The van der Waals surface area contributed by atoms with E-state index in [-0.39, 0.29) is 11.9 Å². The highest BCUT2D eigenvalue weighted by Crippen LogP contribution is 2.41. The molecule has 1 unspecified atom stereocenters. The molecule has 1 spiro atoms. The minimum Gasteiger partial charge on any atom is -0.319 e. The Balaban J connectivity index is 1.66. The molecule has 0 aromatic heterocycles. The largest absolute Gasteiger partial charge is 0.325 e. The Kier molecular flexibility index (Phi) is 3.01. The summed E-state index contributed by atoms with van der Waals surface area (Å²) in [6.07, 6.45) is 1.46. The van der Waals surface area contributed by atoms with Crippen molar-refractivity contribution in [1.82, 2.24) is 10.2 Å². The Morgan fingerprint density at radius 3 is 2.61 bits per heavy atom. The average Bonchev–Trinajstić information content (AvgIpc) is 3.04. The predicted molar refractivity (Wildman–Crippen MR) is 86.7 cm³/mol. The molecular weight excluding hydrogens is 288 g/mol. The minimum absolute atomic E-state index is 0.131. The zero-order valence-corrected chi connectivity index (χ0v) is 13.0. The third-order valence-electron chi connectivity index (χ3n) is 4.88. The van der Waals surface area contributed by atoms with E-state index in [0.29, 0.717) is 13.0 Å². The topological polar surface area (TPSA) is 49.4 Å². The molecule has 0 radical (unpaired) electrons. The van der Waals surface area contributed by atoms with Gasteiger partial charge in [-0.25, -0.2) is 4.79 Å². The van der Waals surface area contributed by atoms with Gasteiger partial charge in [0, 0.05) is 0 Å². The molecule has 1 fully saturated rings. The van der Waals surface area contributed by atoms with E-state index in [2.05, 4.69) is 5.32 Å². The number of benzene rings is 2. The molecule has 4 rings (SSSR count). The van der Waals surface area contributed by atoms with Crippen LogP contribution in [0.2, 0.25) is 0 Å². The van der Waals surface area contributed by atoms with Crippen LogP contribution in [0.25, 0.3) is 0 Å². The summed E-state index contributed by atoms with van der Waals surface area (Å²) in [6.45, 7) is 2.33. The maximum Gasteiger partial charge on any atom is 0.325 e. The lowest BCUT2D eigenvalue weighted by atomic mass is 9.92. The molecule has 23 heavy (non-hydrogen) atoms. The van der Waals surface area contributed by atoms with Crippen LogP contribution in [-0.2, 0) is 23.3 Å². The Morgan fingerprint density at radius 2 is 1.83 bits per heavy atom. The molecule has 1 atom stereocenters. The number of rotatable bonds is 2. The molecular formula is C19H18N2O2. The molecule has 1 N–H and O–H groups in total. The molecule has 1 aliphatic carbocycles. The van der Waals surface area contributed by atoms with Crippen LogP contribution in [0.3, 0.4) is 0 Å². The van der Waals surface area contributed by atoms with Crippen molar-refractivity contribution >= 4 is 11.9 Å². The summed E-state index contributed by atoms with van der Waals surface area (Å²) in [5.74, 6) is -0.131. The number of hydrogen-bond donors (Lipinski definition) is 1. The zero-order chi connectivity index (χ0) is 16.0. The first-order valence-electron chi connectivity index (χ1n) is 7.88. The molecule has 2 aliphatic rings. The molecule has 0 saturated carbocycles. The summed E-state index contributed by atoms with van der Waals surface area (Å²) in [7, 11) is 0. The molecule has 4 nitrogen and oxygen atoms in total. The minimum atomic E-state index is -0.863. The molecule has 2 aromatic carbocycles. The van der Waals surface area contributed by atoms with E-state index in [1.54, 1.807) is 0 Å². The molecule has 1 aliphatic heterocycles. The second-order valence-corrected chi connectivity index (χ2v) is 6.37. The summed E-state index contributed by atoms with van der Waals surface area (Å²) in [5, 5.41) is 2.95.